The lowest BCUT2D eigenvalue weighted by Crippen LogP contribution is -2.45. The van der Waals surface area contributed by atoms with Gasteiger partial charge in [-0.3, -0.25) is 0 Å². The molecule has 1 aromatic rings. The van der Waals surface area contributed by atoms with Crippen LogP contribution in [0.2, 0.25) is 0 Å². The molecule has 1 aromatic carbocycles. The van der Waals surface area contributed by atoms with Crippen molar-refractivity contribution in [3.05, 3.63) is 29.8 Å². The summed E-state index contributed by atoms with van der Waals surface area (Å²) in [7, 11) is 1.67. The van der Waals surface area contributed by atoms with Crippen molar-refractivity contribution in [1.82, 2.24) is 5.32 Å². The minimum Gasteiger partial charge on any atom is -0.497 e. The quantitative estimate of drug-likeness (QED) is 0.795. The van der Waals surface area contributed by atoms with E-state index in [4.69, 9.17) is 9.47 Å². The molecule has 0 aromatic heterocycles. The molecule has 1 atom stereocenters. The number of benzene rings is 1. The molecular weight excluding hydrogens is 190 g/mol. The van der Waals surface area contributed by atoms with Gasteiger partial charge in [0.15, 0.2) is 0 Å². The second-order valence-corrected chi connectivity index (χ2v) is 3.80. The summed E-state index contributed by atoms with van der Waals surface area (Å²) in [5.74, 6) is 0.888. The fourth-order valence-electron chi connectivity index (χ4n) is 1.53. The maximum absolute atomic E-state index is 5.59. The summed E-state index contributed by atoms with van der Waals surface area (Å²) in [5, 5.41) is 3.30. The van der Waals surface area contributed by atoms with E-state index < -0.39 is 0 Å². The minimum absolute atomic E-state index is 0.572. The molecule has 1 heterocycles. The molecule has 1 fully saturated rings. The van der Waals surface area contributed by atoms with Crippen molar-refractivity contribution in [3.63, 3.8) is 0 Å². The third-order valence-electron chi connectivity index (χ3n) is 2.67. The van der Waals surface area contributed by atoms with Gasteiger partial charge in [0.25, 0.3) is 0 Å². The second-order valence-electron chi connectivity index (χ2n) is 3.80. The average Bonchev–Trinajstić information content (AvgIpc) is 2.23. The zero-order valence-electron chi connectivity index (χ0n) is 9.03. The molecule has 2 rings (SSSR count). The van der Waals surface area contributed by atoms with Gasteiger partial charge in [0, 0.05) is 6.04 Å². The van der Waals surface area contributed by atoms with E-state index in [1.807, 2.05) is 24.3 Å². The van der Waals surface area contributed by atoms with Crippen LogP contribution in [-0.4, -0.2) is 26.3 Å². The number of rotatable bonds is 5. The van der Waals surface area contributed by atoms with Gasteiger partial charge in [0.2, 0.25) is 0 Å². The largest absolute Gasteiger partial charge is 0.497 e. The van der Waals surface area contributed by atoms with Gasteiger partial charge in [0.1, 0.15) is 5.75 Å². The van der Waals surface area contributed by atoms with Crippen molar-refractivity contribution in [2.45, 2.75) is 19.1 Å². The Morgan fingerprint density at radius 1 is 1.33 bits per heavy atom. The lowest BCUT2D eigenvalue weighted by molar-refractivity contribution is 0.0807. The van der Waals surface area contributed by atoms with E-state index in [-0.39, 0.29) is 0 Å². The normalized spacial score (nSPS) is 19.7. The van der Waals surface area contributed by atoms with Gasteiger partial charge < -0.3 is 14.8 Å². The van der Waals surface area contributed by atoms with Crippen LogP contribution in [0.5, 0.6) is 5.75 Å². The van der Waals surface area contributed by atoms with Gasteiger partial charge in [-0.15, -0.1) is 0 Å². The van der Waals surface area contributed by atoms with E-state index in [2.05, 4.69) is 5.32 Å². The number of hydrogen-bond acceptors (Lipinski definition) is 3. The first kappa shape index (κ1) is 10.5. The summed E-state index contributed by atoms with van der Waals surface area (Å²) in [6, 6.07) is 8.56. The predicted octanol–water partition coefficient (Wildman–Crippen LogP) is 1.57. The molecule has 3 heteroatoms. The highest BCUT2D eigenvalue weighted by Crippen LogP contribution is 2.12. The summed E-state index contributed by atoms with van der Waals surface area (Å²) >= 11 is 0. The molecule has 82 valence electrons. The molecular formula is C12H17NO2. The Kier molecular flexibility index (Phi) is 3.59. The van der Waals surface area contributed by atoms with E-state index in [1.165, 1.54) is 12.0 Å². The SMILES string of the molecule is COc1ccc(COCC2CCN2)cc1. The Balaban J connectivity index is 1.72. The molecule has 0 spiro atoms. The number of nitrogens with one attached hydrogen (secondary N) is 1. The third-order valence-corrected chi connectivity index (χ3v) is 2.67. The second kappa shape index (κ2) is 5.14. The first-order chi connectivity index (χ1) is 7.38. The molecule has 0 bridgehead atoms. The summed E-state index contributed by atoms with van der Waals surface area (Å²) < 4.78 is 10.7. The van der Waals surface area contributed by atoms with E-state index >= 15 is 0 Å². The van der Waals surface area contributed by atoms with Gasteiger partial charge in [-0.25, -0.2) is 0 Å². The van der Waals surface area contributed by atoms with Crippen LogP contribution in [0.25, 0.3) is 0 Å². The molecule has 0 amide bonds. The van der Waals surface area contributed by atoms with E-state index in [0.717, 1.165) is 18.9 Å². The van der Waals surface area contributed by atoms with Gasteiger partial charge in [-0.2, -0.15) is 0 Å². The van der Waals surface area contributed by atoms with Gasteiger partial charge in [0.05, 0.1) is 20.3 Å². The molecule has 1 N–H and O–H groups in total. The Morgan fingerprint density at radius 2 is 2.07 bits per heavy atom. The number of ether oxygens (including phenoxy) is 2. The topological polar surface area (TPSA) is 30.5 Å². The molecule has 0 aliphatic carbocycles. The monoisotopic (exact) mass is 207 g/mol. The lowest BCUT2D eigenvalue weighted by atomic mass is 10.1. The highest BCUT2D eigenvalue weighted by molar-refractivity contribution is 5.26. The van der Waals surface area contributed by atoms with Gasteiger partial charge in [-0.1, -0.05) is 12.1 Å². The summed E-state index contributed by atoms with van der Waals surface area (Å²) in [4.78, 5) is 0. The van der Waals surface area contributed by atoms with Crippen LogP contribution in [0.1, 0.15) is 12.0 Å². The Bertz CT molecular complexity index is 293. The summed E-state index contributed by atoms with van der Waals surface area (Å²) in [5.41, 5.74) is 1.19. The molecule has 1 aliphatic heterocycles. The Hall–Kier alpha value is -1.06. The maximum Gasteiger partial charge on any atom is 0.118 e. The maximum atomic E-state index is 5.59. The van der Waals surface area contributed by atoms with E-state index in [1.54, 1.807) is 7.11 Å². The van der Waals surface area contributed by atoms with Crippen LogP contribution >= 0.6 is 0 Å². The van der Waals surface area contributed by atoms with Crippen molar-refractivity contribution in [2.75, 3.05) is 20.3 Å². The minimum atomic E-state index is 0.572. The Labute approximate surface area is 90.4 Å². The summed E-state index contributed by atoms with van der Waals surface area (Å²) in [6.07, 6.45) is 1.24. The van der Waals surface area contributed by atoms with Gasteiger partial charge in [-0.05, 0) is 30.7 Å². The predicted molar refractivity (Wildman–Crippen MR) is 59.1 cm³/mol. The lowest BCUT2D eigenvalue weighted by Gasteiger charge is -2.27. The number of methoxy groups -OCH3 is 1. The molecule has 3 nitrogen and oxygen atoms in total. The highest BCUT2D eigenvalue weighted by Gasteiger charge is 2.15. The Morgan fingerprint density at radius 3 is 2.60 bits per heavy atom. The standard InChI is InChI=1S/C12H17NO2/c1-14-12-4-2-10(3-5-12)8-15-9-11-6-7-13-11/h2-5,11,13H,6-9H2,1H3. The molecule has 1 aliphatic rings. The summed E-state index contributed by atoms with van der Waals surface area (Å²) in [6.45, 7) is 2.63. The van der Waals surface area contributed by atoms with Crippen molar-refractivity contribution in [1.29, 1.82) is 0 Å². The molecule has 0 radical (unpaired) electrons. The highest BCUT2D eigenvalue weighted by atomic mass is 16.5. The third kappa shape index (κ3) is 2.94. The van der Waals surface area contributed by atoms with Crippen LogP contribution in [0, 0.1) is 0 Å². The van der Waals surface area contributed by atoms with Crippen LogP contribution in [0.15, 0.2) is 24.3 Å². The first-order valence-electron chi connectivity index (χ1n) is 5.32. The van der Waals surface area contributed by atoms with Crippen molar-refractivity contribution in [2.24, 2.45) is 0 Å². The van der Waals surface area contributed by atoms with Crippen LogP contribution in [0.3, 0.4) is 0 Å². The molecule has 0 saturated carbocycles. The molecule has 15 heavy (non-hydrogen) atoms. The fraction of sp³-hybridized carbons (Fsp3) is 0.500. The van der Waals surface area contributed by atoms with Gasteiger partial charge >= 0.3 is 0 Å². The molecule has 1 saturated heterocycles. The van der Waals surface area contributed by atoms with E-state index in [0.29, 0.717) is 12.6 Å². The number of hydrogen-bond donors (Lipinski definition) is 1. The van der Waals surface area contributed by atoms with Crippen LogP contribution < -0.4 is 10.1 Å². The zero-order chi connectivity index (χ0) is 10.5. The van der Waals surface area contributed by atoms with Crippen LogP contribution in [-0.2, 0) is 11.3 Å². The van der Waals surface area contributed by atoms with E-state index in [9.17, 15) is 0 Å². The fourth-order valence-corrected chi connectivity index (χ4v) is 1.53. The van der Waals surface area contributed by atoms with Crippen LogP contribution in [0.4, 0.5) is 0 Å². The van der Waals surface area contributed by atoms with Crippen molar-refractivity contribution in [3.8, 4) is 5.75 Å². The van der Waals surface area contributed by atoms with Crippen molar-refractivity contribution >= 4 is 0 Å². The zero-order valence-corrected chi connectivity index (χ0v) is 9.03. The molecule has 1 unspecified atom stereocenters. The smallest absolute Gasteiger partial charge is 0.118 e. The first-order valence-corrected chi connectivity index (χ1v) is 5.32. The van der Waals surface area contributed by atoms with Crippen molar-refractivity contribution < 1.29 is 9.47 Å². The average molecular weight is 207 g/mol.